The smallest absolute Gasteiger partial charge is 0.257 e. The number of amides is 2. The first-order valence-electron chi connectivity index (χ1n) is 9.18. The average Bonchev–Trinajstić information content (AvgIpc) is 2.69. The Labute approximate surface area is 170 Å². The lowest BCUT2D eigenvalue weighted by Crippen LogP contribution is -2.34. The molecule has 2 amide bonds. The van der Waals surface area contributed by atoms with Gasteiger partial charge in [-0.15, -0.1) is 0 Å². The summed E-state index contributed by atoms with van der Waals surface area (Å²) in [4.78, 5) is 24.0. The van der Waals surface area contributed by atoms with Gasteiger partial charge in [-0.2, -0.15) is 0 Å². The molecule has 0 aliphatic rings. The molecule has 0 aromatic heterocycles. The largest absolute Gasteiger partial charge is 0.497 e. The topological polar surface area (TPSA) is 79.5 Å². The van der Waals surface area contributed by atoms with E-state index in [1.54, 1.807) is 55.6 Å². The van der Waals surface area contributed by atoms with Crippen molar-refractivity contribution in [2.75, 3.05) is 17.7 Å². The molecule has 6 nitrogen and oxygen atoms in total. The molecule has 0 saturated heterocycles. The third-order valence-electron chi connectivity index (χ3n) is 4.01. The van der Waals surface area contributed by atoms with Gasteiger partial charge in [0, 0.05) is 23.4 Å². The first kappa shape index (κ1) is 21.4. The van der Waals surface area contributed by atoms with Crippen LogP contribution in [-0.4, -0.2) is 24.0 Å². The molecule has 0 spiro atoms. The summed E-state index contributed by atoms with van der Waals surface area (Å²) in [5.74, 6) is 0.377. The van der Waals surface area contributed by atoms with E-state index in [0.29, 0.717) is 23.4 Å². The zero-order chi connectivity index (χ0) is 20.4. The van der Waals surface area contributed by atoms with Gasteiger partial charge in [-0.3, -0.25) is 14.9 Å². The van der Waals surface area contributed by atoms with E-state index in [4.69, 9.17) is 17.0 Å². The molecule has 3 N–H and O–H groups in total. The van der Waals surface area contributed by atoms with E-state index in [2.05, 4.69) is 22.9 Å². The Kier molecular flexibility index (Phi) is 8.42. The van der Waals surface area contributed by atoms with Crippen LogP contribution in [0.5, 0.6) is 5.75 Å². The Morgan fingerprint density at radius 2 is 1.54 bits per heavy atom. The summed E-state index contributed by atoms with van der Waals surface area (Å²) >= 11 is 5.19. The van der Waals surface area contributed by atoms with Gasteiger partial charge in [0.2, 0.25) is 5.91 Å². The predicted molar refractivity (Wildman–Crippen MR) is 116 cm³/mol. The monoisotopic (exact) mass is 399 g/mol. The highest BCUT2D eigenvalue weighted by atomic mass is 32.1. The second kappa shape index (κ2) is 11.0. The first-order valence-corrected chi connectivity index (χ1v) is 9.59. The van der Waals surface area contributed by atoms with Crippen LogP contribution >= 0.6 is 12.2 Å². The number of unbranched alkanes of at least 4 members (excludes halogenated alkanes) is 2. The van der Waals surface area contributed by atoms with Crippen LogP contribution in [0, 0.1) is 0 Å². The number of hydrogen-bond acceptors (Lipinski definition) is 4. The fraction of sp³-hybridized carbons (Fsp3) is 0.286. The highest BCUT2D eigenvalue weighted by Crippen LogP contribution is 2.15. The van der Waals surface area contributed by atoms with Crippen LogP contribution in [0.15, 0.2) is 48.5 Å². The van der Waals surface area contributed by atoms with Crippen LogP contribution in [-0.2, 0) is 4.79 Å². The van der Waals surface area contributed by atoms with E-state index in [9.17, 15) is 9.59 Å². The van der Waals surface area contributed by atoms with E-state index in [1.807, 2.05) is 0 Å². The minimum Gasteiger partial charge on any atom is -0.497 e. The number of carbonyl (C=O) groups excluding carboxylic acids is 2. The molecule has 0 aliphatic heterocycles. The van der Waals surface area contributed by atoms with Crippen molar-refractivity contribution in [2.45, 2.75) is 32.6 Å². The molecule has 0 heterocycles. The van der Waals surface area contributed by atoms with Crippen LogP contribution in [0.2, 0.25) is 0 Å². The molecule has 0 atom stereocenters. The van der Waals surface area contributed by atoms with Gasteiger partial charge >= 0.3 is 0 Å². The lowest BCUT2D eigenvalue weighted by molar-refractivity contribution is -0.116. The summed E-state index contributed by atoms with van der Waals surface area (Å²) in [7, 11) is 1.57. The number of anilines is 2. The lowest BCUT2D eigenvalue weighted by atomic mass is 10.2. The molecular weight excluding hydrogens is 374 g/mol. The van der Waals surface area contributed by atoms with Crippen molar-refractivity contribution in [1.29, 1.82) is 0 Å². The van der Waals surface area contributed by atoms with E-state index >= 15 is 0 Å². The van der Waals surface area contributed by atoms with Gasteiger partial charge in [-0.1, -0.05) is 19.8 Å². The van der Waals surface area contributed by atoms with Crippen molar-refractivity contribution < 1.29 is 14.3 Å². The van der Waals surface area contributed by atoms with Gasteiger partial charge in [-0.05, 0) is 67.2 Å². The number of rotatable bonds is 8. The summed E-state index contributed by atoms with van der Waals surface area (Å²) in [5.41, 5.74) is 1.91. The SMILES string of the molecule is CCCCCC(=O)Nc1ccc(NC(=S)NC(=O)c2ccc(OC)cc2)cc1. The van der Waals surface area contributed by atoms with Crippen molar-refractivity contribution >= 4 is 40.5 Å². The van der Waals surface area contributed by atoms with Crippen molar-refractivity contribution in [2.24, 2.45) is 0 Å². The lowest BCUT2D eigenvalue weighted by Gasteiger charge is -2.11. The van der Waals surface area contributed by atoms with Gasteiger partial charge in [0.1, 0.15) is 5.75 Å². The molecule has 0 saturated carbocycles. The molecule has 7 heteroatoms. The number of thiocarbonyl (C=S) groups is 1. The molecule has 2 aromatic rings. The maximum absolute atomic E-state index is 12.2. The van der Waals surface area contributed by atoms with E-state index in [0.717, 1.165) is 24.9 Å². The van der Waals surface area contributed by atoms with Crippen molar-refractivity contribution in [3.8, 4) is 5.75 Å². The normalized spacial score (nSPS) is 10.1. The third kappa shape index (κ3) is 7.00. The maximum atomic E-state index is 12.2. The molecule has 0 aliphatic carbocycles. The van der Waals surface area contributed by atoms with Gasteiger partial charge in [0.05, 0.1) is 7.11 Å². The molecular formula is C21H25N3O3S. The van der Waals surface area contributed by atoms with E-state index in [1.165, 1.54) is 0 Å². The number of methoxy groups -OCH3 is 1. The standard InChI is InChI=1S/C21H25N3O3S/c1-3-4-5-6-19(25)22-16-9-11-17(12-10-16)23-21(28)24-20(26)15-7-13-18(27-2)14-8-15/h7-14H,3-6H2,1-2H3,(H,22,25)(H2,23,24,26,28). The van der Waals surface area contributed by atoms with Gasteiger partial charge in [-0.25, -0.2) is 0 Å². The highest BCUT2D eigenvalue weighted by molar-refractivity contribution is 7.80. The maximum Gasteiger partial charge on any atom is 0.257 e. The first-order chi connectivity index (χ1) is 13.5. The number of carbonyl (C=O) groups is 2. The second-order valence-corrected chi connectivity index (χ2v) is 6.63. The minimum absolute atomic E-state index is 0.0106. The number of benzene rings is 2. The van der Waals surface area contributed by atoms with Gasteiger partial charge in [0.15, 0.2) is 5.11 Å². The summed E-state index contributed by atoms with van der Waals surface area (Å²) < 4.78 is 5.07. The zero-order valence-electron chi connectivity index (χ0n) is 16.1. The summed E-state index contributed by atoms with van der Waals surface area (Å²) in [6.45, 7) is 2.10. The fourth-order valence-electron chi connectivity index (χ4n) is 2.48. The van der Waals surface area contributed by atoms with Crippen LogP contribution in [0.3, 0.4) is 0 Å². The highest BCUT2D eigenvalue weighted by Gasteiger charge is 2.08. The third-order valence-corrected chi connectivity index (χ3v) is 4.22. The quantitative estimate of drug-likeness (QED) is 0.454. The van der Waals surface area contributed by atoms with Crippen LogP contribution in [0.1, 0.15) is 43.0 Å². The Balaban J connectivity index is 1.83. The summed E-state index contributed by atoms with van der Waals surface area (Å²) in [5, 5.41) is 8.63. The molecule has 0 fully saturated rings. The molecule has 2 rings (SSSR count). The molecule has 2 aromatic carbocycles. The van der Waals surface area contributed by atoms with E-state index < -0.39 is 0 Å². The summed E-state index contributed by atoms with van der Waals surface area (Å²) in [6, 6.07) is 13.9. The molecule has 28 heavy (non-hydrogen) atoms. The van der Waals surface area contributed by atoms with Crippen LogP contribution in [0.4, 0.5) is 11.4 Å². The van der Waals surface area contributed by atoms with Crippen molar-refractivity contribution in [1.82, 2.24) is 5.32 Å². The molecule has 148 valence electrons. The average molecular weight is 400 g/mol. The molecule has 0 unspecified atom stereocenters. The Hall–Kier alpha value is -2.93. The number of hydrogen-bond donors (Lipinski definition) is 3. The van der Waals surface area contributed by atoms with Crippen molar-refractivity contribution in [3.63, 3.8) is 0 Å². The molecule has 0 bridgehead atoms. The Morgan fingerprint density at radius 3 is 2.11 bits per heavy atom. The minimum atomic E-state index is -0.309. The second-order valence-electron chi connectivity index (χ2n) is 6.22. The summed E-state index contributed by atoms with van der Waals surface area (Å²) in [6.07, 6.45) is 3.55. The van der Waals surface area contributed by atoms with E-state index in [-0.39, 0.29) is 16.9 Å². The number of nitrogens with one attached hydrogen (secondary N) is 3. The molecule has 0 radical (unpaired) electrons. The van der Waals surface area contributed by atoms with Crippen LogP contribution in [0.25, 0.3) is 0 Å². The fourth-order valence-corrected chi connectivity index (χ4v) is 2.69. The Morgan fingerprint density at radius 1 is 0.929 bits per heavy atom. The van der Waals surface area contributed by atoms with Crippen LogP contribution < -0.4 is 20.7 Å². The van der Waals surface area contributed by atoms with Gasteiger partial charge < -0.3 is 15.4 Å². The number of ether oxygens (including phenoxy) is 1. The zero-order valence-corrected chi connectivity index (χ0v) is 16.9. The predicted octanol–water partition coefficient (Wildman–Crippen LogP) is 4.34. The van der Waals surface area contributed by atoms with Gasteiger partial charge in [0.25, 0.3) is 5.91 Å². The van der Waals surface area contributed by atoms with Crippen molar-refractivity contribution in [3.05, 3.63) is 54.1 Å². The Bertz CT molecular complexity index is 805.